The molecule has 19 heavy (non-hydrogen) atoms. The van der Waals surface area contributed by atoms with Crippen LogP contribution in [-0.2, 0) is 11.2 Å². The van der Waals surface area contributed by atoms with Crippen molar-refractivity contribution in [3.05, 3.63) is 35.4 Å². The average Bonchev–Trinajstić information content (AvgIpc) is 2.78. The highest BCUT2D eigenvalue weighted by molar-refractivity contribution is 5.94. The largest absolute Gasteiger partial charge is 0.371 e. The van der Waals surface area contributed by atoms with Crippen LogP contribution in [-0.4, -0.2) is 42.6 Å². The molecular formula is C15H20N2O2. The van der Waals surface area contributed by atoms with Crippen LogP contribution < -0.4 is 5.73 Å². The predicted octanol–water partition coefficient (Wildman–Crippen LogP) is 1.19. The molecule has 0 radical (unpaired) electrons. The number of amides is 1. The van der Waals surface area contributed by atoms with E-state index in [0.29, 0.717) is 6.54 Å². The van der Waals surface area contributed by atoms with Crippen LogP contribution in [0.25, 0.3) is 0 Å². The number of nitrogens with zero attached hydrogens (tertiary/aromatic N) is 1. The number of likely N-dealkylation sites (tertiary alicyclic amines) is 1. The maximum absolute atomic E-state index is 12.4. The maximum atomic E-state index is 12.4. The molecule has 0 saturated carbocycles. The fourth-order valence-corrected chi connectivity index (χ4v) is 2.94. The van der Waals surface area contributed by atoms with E-state index in [1.165, 1.54) is 5.56 Å². The number of hydrogen-bond acceptors (Lipinski definition) is 3. The normalized spacial score (nSPS) is 25.6. The lowest BCUT2D eigenvalue weighted by Gasteiger charge is -2.32. The number of ether oxygens (including phenoxy) is 1. The Bertz CT molecular complexity index is 446. The van der Waals surface area contributed by atoms with Crippen LogP contribution in [0.3, 0.4) is 0 Å². The van der Waals surface area contributed by atoms with Crippen molar-refractivity contribution in [1.82, 2.24) is 4.90 Å². The van der Waals surface area contributed by atoms with Crippen molar-refractivity contribution < 1.29 is 9.53 Å². The van der Waals surface area contributed by atoms with E-state index >= 15 is 0 Å². The lowest BCUT2D eigenvalue weighted by atomic mass is 10.1. The minimum Gasteiger partial charge on any atom is -0.371 e. The number of hydrogen-bond donors (Lipinski definition) is 1. The monoisotopic (exact) mass is 260 g/mol. The number of nitrogens with two attached hydrogens (primary N) is 1. The molecule has 1 aromatic rings. The first-order valence-electron chi connectivity index (χ1n) is 7.00. The van der Waals surface area contributed by atoms with E-state index in [2.05, 4.69) is 0 Å². The van der Waals surface area contributed by atoms with E-state index < -0.39 is 0 Å². The van der Waals surface area contributed by atoms with Crippen LogP contribution in [0.1, 0.15) is 28.8 Å². The Morgan fingerprint density at radius 1 is 1.21 bits per heavy atom. The number of benzene rings is 1. The van der Waals surface area contributed by atoms with Gasteiger partial charge in [0.2, 0.25) is 0 Å². The second-order valence-corrected chi connectivity index (χ2v) is 5.40. The Kier molecular flexibility index (Phi) is 3.53. The summed E-state index contributed by atoms with van der Waals surface area (Å²) >= 11 is 0. The number of morpholine rings is 1. The summed E-state index contributed by atoms with van der Waals surface area (Å²) in [5.41, 5.74) is 7.47. The summed E-state index contributed by atoms with van der Waals surface area (Å²) in [6.07, 6.45) is 3.53. The number of fused-ring (bicyclic) bond motifs is 2. The fraction of sp³-hybridized carbons (Fsp3) is 0.533. The van der Waals surface area contributed by atoms with Gasteiger partial charge in [-0.3, -0.25) is 4.79 Å². The highest BCUT2D eigenvalue weighted by Crippen LogP contribution is 2.27. The Morgan fingerprint density at radius 3 is 2.42 bits per heavy atom. The molecule has 2 aliphatic heterocycles. The first-order valence-corrected chi connectivity index (χ1v) is 7.00. The maximum Gasteiger partial charge on any atom is 0.254 e. The Morgan fingerprint density at radius 2 is 1.84 bits per heavy atom. The minimum absolute atomic E-state index is 0.125. The quantitative estimate of drug-likeness (QED) is 0.888. The third-order valence-electron chi connectivity index (χ3n) is 3.96. The Hall–Kier alpha value is -1.39. The van der Waals surface area contributed by atoms with Gasteiger partial charge in [0.05, 0.1) is 12.2 Å². The van der Waals surface area contributed by atoms with Gasteiger partial charge in [-0.2, -0.15) is 0 Å². The lowest BCUT2D eigenvalue weighted by molar-refractivity contribution is -0.0303. The van der Waals surface area contributed by atoms with Crippen LogP contribution in [0.2, 0.25) is 0 Å². The SMILES string of the molecule is NCCc1ccc(C(=O)N2CC3CCC(C2)O3)cc1. The molecule has 4 nitrogen and oxygen atoms in total. The van der Waals surface area contributed by atoms with Crippen molar-refractivity contribution in [3.8, 4) is 0 Å². The van der Waals surface area contributed by atoms with Gasteiger partial charge in [0.15, 0.2) is 0 Å². The van der Waals surface area contributed by atoms with Crippen molar-refractivity contribution in [2.24, 2.45) is 5.73 Å². The molecule has 102 valence electrons. The van der Waals surface area contributed by atoms with E-state index in [9.17, 15) is 4.79 Å². The molecule has 1 amide bonds. The van der Waals surface area contributed by atoms with Crippen LogP contribution in [0.15, 0.2) is 24.3 Å². The second kappa shape index (κ2) is 5.31. The van der Waals surface area contributed by atoms with Gasteiger partial charge in [0.25, 0.3) is 5.91 Å². The van der Waals surface area contributed by atoms with Gasteiger partial charge < -0.3 is 15.4 Å². The number of rotatable bonds is 3. The van der Waals surface area contributed by atoms with Gasteiger partial charge in [-0.25, -0.2) is 0 Å². The molecule has 1 aromatic carbocycles. The van der Waals surface area contributed by atoms with E-state index in [4.69, 9.17) is 10.5 Å². The Labute approximate surface area is 113 Å². The molecular weight excluding hydrogens is 240 g/mol. The topological polar surface area (TPSA) is 55.6 Å². The van der Waals surface area contributed by atoms with Gasteiger partial charge in [-0.05, 0) is 43.5 Å². The zero-order valence-electron chi connectivity index (χ0n) is 11.0. The first kappa shape index (κ1) is 12.6. The van der Waals surface area contributed by atoms with E-state index in [1.54, 1.807) is 0 Å². The summed E-state index contributed by atoms with van der Waals surface area (Å²) < 4.78 is 5.76. The van der Waals surface area contributed by atoms with Gasteiger partial charge in [0.1, 0.15) is 0 Å². The summed E-state index contributed by atoms with van der Waals surface area (Å²) in [5, 5.41) is 0. The summed E-state index contributed by atoms with van der Waals surface area (Å²) in [5.74, 6) is 0.125. The summed E-state index contributed by atoms with van der Waals surface area (Å²) in [7, 11) is 0. The van der Waals surface area contributed by atoms with Gasteiger partial charge >= 0.3 is 0 Å². The number of carbonyl (C=O) groups excluding carboxylic acids is 1. The molecule has 2 aliphatic rings. The molecule has 2 fully saturated rings. The van der Waals surface area contributed by atoms with Gasteiger partial charge in [-0.1, -0.05) is 12.1 Å². The molecule has 2 atom stereocenters. The van der Waals surface area contributed by atoms with Crippen molar-refractivity contribution in [3.63, 3.8) is 0 Å². The predicted molar refractivity (Wildman–Crippen MR) is 73.0 cm³/mol. The summed E-state index contributed by atoms with van der Waals surface area (Å²) in [6, 6.07) is 7.81. The number of carbonyl (C=O) groups is 1. The summed E-state index contributed by atoms with van der Waals surface area (Å²) in [6.45, 7) is 2.11. The highest BCUT2D eigenvalue weighted by Gasteiger charge is 2.35. The van der Waals surface area contributed by atoms with Gasteiger partial charge in [0, 0.05) is 18.7 Å². The van der Waals surface area contributed by atoms with E-state index in [1.807, 2.05) is 29.2 Å². The lowest BCUT2D eigenvalue weighted by Crippen LogP contribution is -2.45. The van der Waals surface area contributed by atoms with Crippen LogP contribution in [0.5, 0.6) is 0 Å². The highest BCUT2D eigenvalue weighted by atomic mass is 16.5. The Balaban J connectivity index is 1.69. The molecule has 2 unspecified atom stereocenters. The molecule has 4 heteroatoms. The van der Waals surface area contributed by atoms with Crippen LogP contribution >= 0.6 is 0 Å². The molecule has 0 aromatic heterocycles. The second-order valence-electron chi connectivity index (χ2n) is 5.40. The molecule has 3 rings (SSSR count). The standard InChI is InChI=1S/C15H20N2O2/c16-8-7-11-1-3-12(4-2-11)15(18)17-9-13-5-6-14(10-17)19-13/h1-4,13-14H,5-10,16H2. The first-order chi connectivity index (χ1) is 9.26. The summed E-state index contributed by atoms with van der Waals surface area (Å²) in [4.78, 5) is 14.4. The zero-order valence-corrected chi connectivity index (χ0v) is 11.0. The smallest absolute Gasteiger partial charge is 0.254 e. The molecule has 2 heterocycles. The van der Waals surface area contributed by atoms with Crippen molar-refractivity contribution >= 4 is 5.91 Å². The van der Waals surface area contributed by atoms with Crippen molar-refractivity contribution in [1.29, 1.82) is 0 Å². The molecule has 0 spiro atoms. The zero-order chi connectivity index (χ0) is 13.2. The third-order valence-corrected chi connectivity index (χ3v) is 3.96. The molecule has 0 aliphatic carbocycles. The molecule has 2 saturated heterocycles. The van der Waals surface area contributed by atoms with Crippen LogP contribution in [0, 0.1) is 0 Å². The average molecular weight is 260 g/mol. The molecule has 2 bridgehead atoms. The minimum atomic E-state index is 0.125. The van der Waals surface area contributed by atoms with E-state index in [-0.39, 0.29) is 18.1 Å². The van der Waals surface area contributed by atoms with Crippen molar-refractivity contribution in [2.75, 3.05) is 19.6 Å². The van der Waals surface area contributed by atoms with Crippen molar-refractivity contribution in [2.45, 2.75) is 31.5 Å². The molecule has 2 N–H and O–H groups in total. The fourth-order valence-electron chi connectivity index (χ4n) is 2.94. The van der Waals surface area contributed by atoms with Crippen LogP contribution in [0.4, 0.5) is 0 Å². The van der Waals surface area contributed by atoms with Gasteiger partial charge in [-0.15, -0.1) is 0 Å². The van der Waals surface area contributed by atoms with E-state index in [0.717, 1.165) is 37.9 Å². The third kappa shape index (κ3) is 2.65.